The maximum atomic E-state index is 12.5. The second-order valence-electron chi connectivity index (χ2n) is 7.24. The van der Waals surface area contributed by atoms with E-state index in [-0.39, 0.29) is 5.97 Å². The number of anilines is 1. The van der Waals surface area contributed by atoms with Crippen molar-refractivity contribution in [2.45, 2.75) is 38.9 Å². The van der Waals surface area contributed by atoms with Gasteiger partial charge in [-0.2, -0.15) is 0 Å². The Morgan fingerprint density at radius 1 is 1.00 bits per heavy atom. The number of fused-ring (bicyclic) bond motifs is 1. The monoisotopic (exact) mass is 353 g/mol. The molecule has 0 bridgehead atoms. The molecule has 1 aliphatic heterocycles. The second-order valence-corrected chi connectivity index (χ2v) is 7.24. The molecule has 1 unspecified atom stereocenters. The van der Waals surface area contributed by atoms with Crippen LogP contribution in [0.3, 0.4) is 0 Å². The molecule has 1 amide bonds. The first-order valence-electron chi connectivity index (χ1n) is 8.70. The molecule has 5 heteroatoms. The van der Waals surface area contributed by atoms with Crippen LogP contribution < -0.4 is 4.90 Å². The third kappa shape index (κ3) is 4.04. The van der Waals surface area contributed by atoms with E-state index in [9.17, 15) is 9.59 Å². The Bertz CT molecular complexity index is 795. The van der Waals surface area contributed by atoms with E-state index < -0.39 is 17.8 Å². The number of hydrogen-bond acceptors (Lipinski definition) is 4. The third-order valence-electron chi connectivity index (χ3n) is 4.06. The molecule has 1 atom stereocenters. The Kier molecular flexibility index (Phi) is 4.98. The minimum absolute atomic E-state index is 0.365. The van der Waals surface area contributed by atoms with Gasteiger partial charge in [-0.1, -0.05) is 36.4 Å². The average molecular weight is 353 g/mol. The normalized spacial score (nSPS) is 16.6. The van der Waals surface area contributed by atoms with Crippen LogP contribution in [0, 0.1) is 0 Å². The van der Waals surface area contributed by atoms with Gasteiger partial charge in [-0.15, -0.1) is 0 Å². The molecule has 0 fully saturated rings. The SMILES string of the molecule is CC(C)(C)OC(=O)N1CCC(OC(=O)c2ccccc2)c2ccccc21. The quantitative estimate of drug-likeness (QED) is 0.733. The molecule has 0 spiro atoms. The molecule has 2 aromatic carbocycles. The van der Waals surface area contributed by atoms with Crippen molar-refractivity contribution in [1.82, 2.24) is 0 Å². The third-order valence-corrected chi connectivity index (χ3v) is 4.06. The van der Waals surface area contributed by atoms with Crippen molar-refractivity contribution >= 4 is 17.7 Å². The van der Waals surface area contributed by atoms with Gasteiger partial charge in [-0.3, -0.25) is 4.90 Å². The van der Waals surface area contributed by atoms with Crippen molar-refractivity contribution in [2.24, 2.45) is 0 Å². The van der Waals surface area contributed by atoms with Gasteiger partial charge in [0, 0.05) is 18.5 Å². The summed E-state index contributed by atoms with van der Waals surface area (Å²) < 4.78 is 11.2. The van der Waals surface area contributed by atoms with Crippen LogP contribution in [0.15, 0.2) is 54.6 Å². The molecule has 0 N–H and O–H groups in total. The largest absolute Gasteiger partial charge is 0.454 e. The number of carbonyl (C=O) groups is 2. The zero-order chi connectivity index (χ0) is 18.7. The van der Waals surface area contributed by atoms with Crippen LogP contribution in [0.4, 0.5) is 10.5 Å². The number of para-hydroxylation sites is 1. The van der Waals surface area contributed by atoms with E-state index in [4.69, 9.17) is 9.47 Å². The van der Waals surface area contributed by atoms with Crippen LogP contribution in [0.2, 0.25) is 0 Å². The summed E-state index contributed by atoms with van der Waals surface area (Å²) in [5.41, 5.74) is 1.48. The summed E-state index contributed by atoms with van der Waals surface area (Å²) in [6.07, 6.45) is -0.259. The van der Waals surface area contributed by atoms with Gasteiger partial charge in [-0.25, -0.2) is 9.59 Å². The van der Waals surface area contributed by atoms with Gasteiger partial charge < -0.3 is 9.47 Å². The Morgan fingerprint density at radius 2 is 1.65 bits per heavy atom. The molecule has 0 aromatic heterocycles. The summed E-state index contributed by atoms with van der Waals surface area (Å²) in [6.45, 7) is 5.94. The lowest BCUT2D eigenvalue weighted by Crippen LogP contribution is -2.41. The van der Waals surface area contributed by atoms with Gasteiger partial charge in [0.15, 0.2) is 0 Å². The molecule has 0 radical (unpaired) electrons. The first-order valence-corrected chi connectivity index (χ1v) is 8.70. The molecule has 2 aromatic rings. The van der Waals surface area contributed by atoms with E-state index in [0.29, 0.717) is 18.5 Å². The van der Waals surface area contributed by atoms with Crippen LogP contribution >= 0.6 is 0 Å². The Balaban J connectivity index is 1.81. The molecule has 1 heterocycles. The predicted molar refractivity (Wildman–Crippen MR) is 99.2 cm³/mol. The van der Waals surface area contributed by atoms with Crippen molar-refractivity contribution < 1.29 is 19.1 Å². The number of carbonyl (C=O) groups excluding carboxylic acids is 2. The molecule has 136 valence electrons. The van der Waals surface area contributed by atoms with Gasteiger partial charge in [-0.05, 0) is 39.0 Å². The molecule has 0 aliphatic carbocycles. The predicted octanol–water partition coefficient (Wildman–Crippen LogP) is 4.73. The van der Waals surface area contributed by atoms with Crippen molar-refractivity contribution in [3.63, 3.8) is 0 Å². The number of ether oxygens (including phenoxy) is 2. The number of esters is 1. The maximum Gasteiger partial charge on any atom is 0.414 e. The van der Waals surface area contributed by atoms with Crippen LogP contribution in [-0.4, -0.2) is 24.2 Å². The van der Waals surface area contributed by atoms with Gasteiger partial charge in [0.2, 0.25) is 0 Å². The smallest absolute Gasteiger partial charge is 0.414 e. The lowest BCUT2D eigenvalue weighted by molar-refractivity contribution is 0.0265. The van der Waals surface area contributed by atoms with Crippen molar-refractivity contribution in [3.8, 4) is 0 Å². The van der Waals surface area contributed by atoms with E-state index in [2.05, 4.69) is 0 Å². The fraction of sp³-hybridized carbons (Fsp3) is 0.333. The number of rotatable bonds is 2. The van der Waals surface area contributed by atoms with E-state index in [0.717, 1.165) is 11.3 Å². The summed E-state index contributed by atoms with van der Waals surface area (Å²) in [4.78, 5) is 26.5. The maximum absolute atomic E-state index is 12.5. The van der Waals surface area contributed by atoms with Crippen LogP contribution in [0.1, 0.15) is 49.2 Å². The number of nitrogens with zero attached hydrogens (tertiary/aromatic N) is 1. The molecule has 3 rings (SSSR count). The highest BCUT2D eigenvalue weighted by molar-refractivity contribution is 5.91. The van der Waals surface area contributed by atoms with Gasteiger partial charge in [0.1, 0.15) is 11.7 Å². The van der Waals surface area contributed by atoms with Gasteiger partial charge in [0.25, 0.3) is 0 Å². The summed E-state index contributed by atoms with van der Waals surface area (Å²) >= 11 is 0. The summed E-state index contributed by atoms with van der Waals surface area (Å²) in [6, 6.07) is 16.4. The second kappa shape index (κ2) is 7.20. The molecule has 26 heavy (non-hydrogen) atoms. The van der Waals surface area contributed by atoms with Crippen molar-refractivity contribution in [1.29, 1.82) is 0 Å². The Hall–Kier alpha value is -2.82. The Morgan fingerprint density at radius 3 is 2.35 bits per heavy atom. The number of benzene rings is 2. The zero-order valence-corrected chi connectivity index (χ0v) is 15.3. The molecule has 1 aliphatic rings. The van der Waals surface area contributed by atoms with Crippen molar-refractivity contribution in [2.75, 3.05) is 11.4 Å². The molecule has 0 saturated heterocycles. The highest BCUT2D eigenvalue weighted by Gasteiger charge is 2.33. The average Bonchev–Trinajstić information content (AvgIpc) is 2.61. The lowest BCUT2D eigenvalue weighted by atomic mass is 9.99. The van der Waals surface area contributed by atoms with Crippen LogP contribution in [0.25, 0.3) is 0 Å². The summed E-state index contributed by atoms with van der Waals surface area (Å²) in [5.74, 6) is -0.365. The molecule has 0 saturated carbocycles. The minimum atomic E-state index is -0.567. The summed E-state index contributed by atoms with van der Waals surface area (Å²) in [7, 11) is 0. The highest BCUT2D eigenvalue weighted by atomic mass is 16.6. The van der Waals surface area contributed by atoms with E-state index in [1.807, 2.05) is 51.1 Å². The van der Waals surface area contributed by atoms with Crippen LogP contribution in [0.5, 0.6) is 0 Å². The fourth-order valence-electron chi connectivity index (χ4n) is 2.93. The van der Waals surface area contributed by atoms with Crippen molar-refractivity contribution in [3.05, 3.63) is 65.7 Å². The lowest BCUT2D eigenvalue weighted by Gasteiger charge is -2.35. The van der Waals surface area contributed by atoms with Gasteiger partial charge in [0.05, 0.1) is 11.3 Å². The number of amides is 1. The summed E-state index contributed by atoms with van der Waals surface area (Å²) in [5, 5.41) is 0. The number of hydrogen-bond donors (Lipinski definition) is 0. The molecule has 5 nitrogen and oxygen atoms in total. The topological polar surface area (TPSA) is 55.8 Å². The highest BCUT2D eigenvalue weighted by Crippen LogP contribution is 2.37. The standard InChI is InChI=1S/C21H23NO4/c1-21(2,3)26-20(24)22-14-13-18(16-11-7-8-12-17(16)22)25-19(23)15-9-5-4-6-10-15/h4-12,18H,13-14H2,1-3H3. The first-order chi connectivity index (χ1) is 12.3. The van der Waals surface area contributed by atoms with Gasteiger partial charge >= 0.3 is 12.1 Å². The minimum Gasteiger partial charge on any atom is -0.454 e. The molecular weight excluding hydrogens is 330 g/mol. The van der Waals surface area contributed by atoms with E-state index >= 15 is 0 Å². The van der Waals surface area contributed by atoms with E-state index in [1.54, 1.807) is 29.2 Å². The Labute approximate surface area is 153 Å². The zero-order valence-electron chi connectivity index (χ0n) is 15.3. The fourth-order valence-corrected chi connectivity index (χ4v) is 2.93. The van der Waals surface area contributed by atoms with E-state index in [1.165, 1.54) is 0 Å². The first kappa shape index (κ1) is 18.0. The van der Waals surface area contributed by atoms with Crippen LogP contribution in [-0.2, 0) is 9.47 Å². The molecular formula is C21H23NO4.